The summed E-state index contributed by atoms with van der Waals surface area (Å²) in [5.74, 6) is 0.735. The van der Waals surface area contributed by atoms with Gasteiger partial charge in [-0.2, -0.15) is 0 Å². The van der Waals surface area contributed by atoms with Crippen LogP contribution in [0.25, 0.3) is 0 Å². The van der Waals surface area contributed by atoms with Gasteiger partial charge in [0, 0.05) is 18.0 Å². The highest BCUT2D eigenvalue weighted by molar-refractivity contribution is 5.82. The first kappa shape index (κ1) is 11.7. The van der Waals surface area contributed by atoms with E-state index in [2.05, 4.69) is 34.9 Å². The summed E-state index contributed by atoms with van der Waals surface area (Å²) >= 11 is 0. The van der Waals surface area contributed by atoms with Gasteiger partial charge in [0.1, 0.15) is 0 Å². The molecule has 2 fully saturated rings. The molecule has 3 rings (SSSR count). The maximum absolute atomic E-state index is 11.8. The second-order valence-corrected chi connectivity index (χ2v) is 5.53. The van der Waals surface area contributed by atoms with Crippen LogP contribution in [0.1, 0.15) is 37.7 Å². The summed E-state index contributed by atoms with van der Waals surface area (Å²) in [5.41, 5.74) is 1.38. The van der Waals surface area contributed by atoms with E-state index in [1.807, 2.05) is 13.0 Å². The third-order valence-electron chi connectivity index (χ3n) is 3.80. The van der Waals surface area contributed by atoms with Crippen LogP contribution in [0.5, 0.6) is 0 Å². The van der Waals surface area contributed by atoms with E-state index in [-0.39, 0.29) is 11.9 Å². The average molecular weight is 244 g/mol. The van der Waals surface area contributed by atoms with Crippen molar-refractivity contribution in [1.29, 1.82) is 0 Å². The third kappa shape index (κ3) is 2.72. The molecule has 1 aromatic carbocycles. The lowest BCUT2D eigenvalue weighted by Crippen LogP contribution is -2.44. The Morgan fingerprint density at radius 2 is 2.00 bits per heavy atom. The Labute approximate surface area is 108 Å². The minimum Gasteiger partial charge on any atom is -0.352 e. The highest BCUT2D eigenvalue weighted by Crippen LogP contribution is 2.40. The second-order valence-electron chi connectivity index (χ2n) is 5.53. The van der Waals surface area contributed by atoms with Gasteiger partial charge in [-0.1, -0.05) is 30.3 Å². The Balaban J connectivity index is 1.48. The molecule has 0 bridgehead atoms. The molecule has 3 nitrogen and oxygen atoms in total. The highest BCUT2D eigenvalue weighted by atomic mass is 16.2. The first-order valence-electron chi connectivity index (χ1n) is 6.85. The first-order chi connectivity index (χ1) is 8.74. The fraction of sp³-hybridized carbons (Fsp3) is 0.533. The second kappa shape index (κ2) is 4.73. The molecule has 0 heterocycles. The molecule has 0 aromatic heterocycles. The highest BCUT2D eigenvalue weighted by Gasteiger charge is 2.39. The molecule has 0 aliphatic heterocycles. The number of benzene rings is 1. The van der Waals surface area contributed by atoms with Crippen LogP contribution in [-0.2, 0) is 4.79 Å². The van der Waals surface area contributed by atoms with E-state index in [1.165, 1.54) is 5.56 Å². The predicted molar refractivity (Wildman–Crippen MR) is 71.4 cm³/mol. The van der Waals surface area contributed by atoms with Crippen LogP contribution < -0.4 is 10.6 Å². The molecular formula is C15H20N2O. The number of hydrogen-bond acceptors (Lipinski definition) is 2. The number of carbonyl (C=O) groups excluding carboxylic acids is 1. The van der Waals surface area contributed by atoms with Gasteiger partial charge in [-0.05, 0) is 31.7 Å². The van der Waals surface area contributed by atoms with Crippen molar-refractivity contribution in [3.05, 3.63) is 35.9 Å². The molecule has 18 heavy (non-hydrogen) atoms. The van der Waals surface area contributed by atoms with Crippen LogP contribution in [0.2, 0.25) is 0 Å². The van der Waals surface area contributed by atoms with Crippen molar-refractivity contribution in [2.75, 3.05) is 0 Å². The van der Waals surface area contributed by atoms with Crippen molar-refractivity contribution in [2.45, 2.75) is 50.2 Å². The SMILES string of the molecule is CC(N[C@@H]1C[C@H]1c1ccccc1)C(=O)NC1CC1. The molecule has 0 spiro atoms. The van der Waals surface area contributed by atoms with Gasteiger partial charge in [-0.25, -0.2) is 0 Å². The molecule has 3 atom stereocenters. The summed E-state index contributed by atoms with van der Waals surface area (Å²) in [5, 5.41) is 6.46. The molecule has 0 radical (unpaired) electrons. The van der Waals surface area contributed by atoms with Gasteiger partial charge in [-0.15, -0.1) is 0 Å². The third-order valence-corrected chi connectivity index (χ3v) is 3.80. The maximum Gasteiger partial charge on any atom is 0.237 e. The van der Waals surface area contributed by atoms with Gasteiger partial charge in [0.15, 0.2) is 0 Å². The van der Waals surface area contributed by atoms with E-state index in [9.17, 15) is 4.79 Å². The summed E-state index contributed by atoms with van der Waals surface area (Å²) in [4.78, 5) is 11.8. The largest absolute Gasteiger partial charge is 0.352 e. The predicted octanol–water partition coefficient (Wildman–Crippen LogP) is 1.80. The van der Waals surface area contributed by atoms with Gasteiger partial charge < -0.3 is 10.6 Å². The summed E-state index contributed by atoms with van der Waals surface area (Å²) in [6, 6.07) is 11.4. The summed E-state index contributed by atoms with van der Waals surface area (Å²) in [7, 11) is 0. The fourth-order valence-corrected chi connectivity index (χ4v) is 2.40. The van der Waals surface area contributed by atoms with Gasteiger partial charge in [0.25, 0.3) is 0 Å². The van der Waals surface area contributed by atoms with Crippen LogP contribution in [0.4, 0.5) is 0 Å². The molecule has 2 aliphatic carbocycles. The zero-order valence-electron chi connectivity index (χ0n) is 10.7. The van der Waals surface area contributed by atoms with E-state index in [4.69, 9.17) is 0 Å². The molecule has 3 heteroatoms. The van der Waals surface area contributed by atoms with Crippen LogP contribution in [0.3, 0.4) is 0 Å². The summed E-state index contributed by atoms with van der Waals surface area (Å²) < 4.78 is 0. The Morgan fingerprint density at radius 1 is 1.28 bits per heavy atom. The van der Waals surface area contributed by atoms with Crippen molar-refractivity contribution in [2.24, 2.45) is 0 Å². The quantitative estimate of drug-likeness (QED) is 0.829. The van der Waals surface area contributed by atoms with E-state index >= 15 is 0 Å². The van der Waals surface area contributed by atoms with Gasteiger partial charge in [0.05, 0.1) is 6.04 Å². The monoisotopic (exact) mass is 244 g/mol. The van der Waals surface area contributed by atoms with Gasteiger partial charge in [0.2, 0.25) is 5.91 Å². The zero-order valence-corrected chi connectivity index (χ0v) is 10.7. The number of carbonyl (C=O) groups is 1. The van der Waals surface area contributed by atoms with Crippen molar-refractivity contribution >= 4 is 5.91 Å². The number of rotatable bonds is 5. The maximum atomic E-state index is 11.8. The van der Waals surface area contributed by atoms with Crippen molar-refractivity contribution in [3.63, 3.8) is 0 Å². The van der Waals surface area contributed by atoms with E-state index < -0.39 is 0 Å². The minimum atomic E-state index is -0.0793. The molecule has 2 N–H and O–H groups in total. The Bertz CT molecular complexity index is 427. The number of amides is 1. The Morgan fingerprint density at radius 3 is 2.67 bits per heavy atom. The van der Waals surface area contributed by atoms with Gasteiger partial charge in [-0.3, -0.25) is 4.79 Å². The van der Waals surface area contributed by atoms with E-state index in [0.29, 0.717) is 18.0 Å². The fourth-order valence-electron chi connectivity index (χ4n) is 2.40. The molecule has 96 valence electrons. The Kier molecular flexibility index (Phi) is 3.08. The van der Waals surface area contributed by atoms with Crippen LogP contribution in [0.15, 0.2) is 30.3 Å². The smallest absolute Gasteiger partial charge is 0.237 e. The summed E-state index contributed by atoms with van der Waals surface area (Å²) in [6.07, 6.45) is 3.44. The topological polar surface area (TPSA) is 41.1 Å². The minimum absolute atomic E-state index is 0.0793. The Hall–Kier alpha value is -1.35. The van der Waals surface area contributed by atoms with Crippen LogP contribution in [-0.4, -0.2) is 24.0 Å². The van der Waals surface area contributed by atoms with Crippen molar-refractivity contribution in [1.82, 2.24) is 10.6 Å². The molecule has 2 saturated carbocycles. The van der Waals surface area contributed by atoms with E-state index in [1.54, 1.807) is 0 Å². The van der Waals surface area contributed by atoms with Crippen LogP contribution >= 0.6 is 0 Å². The molecule has 0 saturated heterocycles. The number of nitrogens with one attached hydrogen (secondary N) is 2. The lowest BCUT2D eigenvalue weighted by Gasteiger charge is -2.13. The lowest BCUT2D eigenvalue weighted by atomic mass is 10.1. The van der Waals surface area contributed by atoms with E-state index in [0.717, 1.165) is 19.3 Å². The first-order valence-corrected chi connectivity index (χ1v) is 6.85. The normalized spacial score (nSPS) is 27.6. The molecule has 1 amide bonds. The standard InChI is InChI=1S/C15H20N2O/c1-10(15(18)17-12-7-8-12)16-14-9-13(14)11-5-3-2-4-6-11/h2-6,10,12-14,16H,7-9H2,1H3,(H,17,18)/t10?,13-,14+/m0/s1. The van der Waals surface area contributed by atoms with Crippen molar-refractivity contribution < 1.29 is 4.79 Å². The zero-order chi connectivity index (χ0) is 12.5. The molecule has 1 unspecified atom stereocenters. The average Bonchev–Trinajstić information content (AvgIpc) is 3.26. The van der Waals surface area contributed by atoms with Crippen molar-refractivity contribution in [3.8, 4) is 0 Å². The molecule has 1 aromatic rings. The van der Waals surface area contributed by atoms with Crippen LogP contribution in [0, 0.1) is 0 Å². The summed E-state index contributed by atoms with van der Waals surface area (Å²) in [6.45, 7) is 1.96. The lowest BCUT2D eigenvalue weighted by molar-refractivity contribution is -0.122. The van der Waals surface area contributed by atoms with Gasteiger partial charge >= 0.3 is 0 Å². The molecule has 2 aliphatic rings. The number of hydrogen-bond donors (Lipinski definition) is 2. The molecular weight excluding hydrogens is 224 g/mol.